The van der Waals surface area contributed by atoms with Crippen LogP contribution in [0.4, 0.5) is 0 Å². The van der Waals surface area contributed by atoms with Gasteiger partial charge in [-0.25, -0.2) is 0 Å². The van der Waals surface area contributed by atoms with Crippen molar-refractivity contribution in [3.63, 3.8) is 0 Å². The van der Waals surface area contributed by atoms with Crippen LogP contribution in [0.2, 0.25) is 19.6 Å². The number of rotatable bonds is 4. The van der Waals surface area contributed by atoms with Crippen molar-refractivity contribution in [1.82, 2.24) is 0 Å². The average molecular weight is 384 g/mol. The average Bonchev–Trinajstić information content (AvgIpc) is 2.35. The number of hydrogen-bond donors (Lipinski definition) is 0. The summed E-state index contributed by atoms with van der Waals surface area (Å²) in [6.45, 7) is 15.6. The van der Waals surface area contributed by atoms with Gasteiger partial charge in [0.2, 0.25) is 0 Å². The second kappa shape index (κ2) is 10.1. The first-order valence-corrected chi connectivity index (χ1v) is 14.3. The van der Waals surface area contributed by atoms with Gasteiger partial charge in [0.1, 0.15) is 0 Å². The van der Waals surface area contributed by atoms with Crippen molar-refractivity contribution in [3.05, 3.63) is 69.8 Å². The van der Waals surface area contributed by atoms with Gasteiger partial charge in [0.15, 0.2) is 0 Å². The zero-order valence-electron chi connectivity index (χ0n) is 15.9. The monoisotopic (exact) mass is 385 g/mol. The predicted molar refractivity (Wildman–Crippen MR) is 108 cm³/mol. The molecule has 0 unspecified atom stereocenters. The third kappa shape index (κ3) is 9.17. The van der Waals surface area contributed by atoms with E-state index in [9.17, 15) is 0 Å². The summed E-state index contributed by atoms with van der Waals surface area (Å²) < 4.78 is 0. The first-order valence-electron chi connectivity index (χ1n) is 8.38. The molecule has 2 heteroatoms. The standard InChI is InChI=1S/C18H22Ge.C3H9Si/c1-13-5-14(2)8-17(7-13)11-19-12-18-9-15(3)6-16(4)10-18;1-4(2)3/h5-10H,11-12H2,1-4H3;1-3H3. The maximum absolute atomic E-state index is 2.35. The van der Waals surface area contributed by atoms with E-state index < -0.39 is 0 Å². The Balaban J connectivity index is 0.000000593. The SMILES string of the molecule is C[Si](C)C.Cc1cc(C)cc([CH2][Ge][CH2]c2cc(C)cc(C)c2)c1. The summed E-state index contributed by atoms with van der Waals surface area (Å²) in [5.41, 5.74) is 8.64. The van der Waals surface area contributed by atoms with Gasteiger partial charge in [-0.15, -0.1) is 0 Å². The molecule has 2 aromatic rings. The minimum absolute atomic E-state index is 0.0785. The Morgan fingerprint density at radius 1 is 0.609 bits per heavy atom. The van der Waals surface area contributed by atoms with Gasteiger partial charge in [0.05, 0.1) is 0 Å². The Morgan fingerprint density at radius 2 is 0.870 bits per heavy atom. The summed E-state index contributed by atoms with van der Waals surface area (Å²) in [6, 6.07) is 13.9. The fourth-order valence-corrected chi connectivity index (χ4v) is 5.02. The fourth-order valence-electron chi connectivity index (χ4n) is 2.69. The molecule has 0 saturated carbocycles. The molecule has 0 amide bonds. The second-order valence-electron chi connectivity index (χ2n) is 7.10. The molecule has 0 aliphatic rings. The van der Waals surface area contributed by atoms with E-state index in [1.165, 1.54) is 43.9 Å². The molecule has 0 N–H and O–H groups in total. The van der Waals surface area contributed by atoms with Crippen LogP contribution in [0.25, 0.3) is 0 Å². The second-order valence-corrected chi connectivity index (χ2v) is 12.6. The van der Waals surface area contributed by atoms with Crippen molar-refractivity contribution in [2.45, 2.75) is 57.8 Å². The molecule has 0 spiro atoms. The Bertz CT molecular complexity index is 522. The van der Waals surface area contributed by atoms with E-state index in [0.717, 1.165) is 0 Å². The van der Waals surface area contributed by atoms with Crippen LogP contribution in [-0.2, 0) is 10.5 Å². The molecule has 0 nitrogen and oxygen atoms in total. The fraction of sp³-hybridized carbons (Fsp3) is 0.429. The van der Waals surface area contributed by atoms with Gasteiger partial charge in [0.25, 0.3) is 0 Å². The van der Waals surface area contributed by atoms with Crippen molar-refractivity contribution < 1.29 is 0 Å². The van der Waals surface area contributed by atoms with E-state index in [4.69, 9.17) is 0 Å². The van der Waals surface area contributed by atoms with E-state index in [0.29, 0.717) is 0 Å². The molecule has 0 aliphatic heterocycles. The van der Waals surface area contributed by atoms with Gasteiger partial charge in [0, 0.05) is 8.80 Å². The number of hydrogen-bond acceptors (Lipinski definition) is 0. The Labute approximate surface area is 151 Å². The van der Waals surface area contributed by atoms with Crippen molar-refractivity contribution in [3.8, 4) is 0 Å². The first kappa shape index (κ1) is 20.2. The molecule has 2 aromatic carbocycles. The van der Waals surface area contributed by atoms with Gasteiger partial charge in [-0.3, -0.25) is 0 Å². The predicted octanol–water partition coefficient (Wildman–Crippen LogP) is 5.70. The van der Waals surface area contributed by atoms with E-state index in [1.54, 1.807) is 0 Å². The zero-order valence-corrected chi connectivity index (χ0v) is 19.0. The first-order chi connectivity index (χ1) is 10.8. The molecular weight excluding hydrogens is 353 g/mol. The third-order valence-corrected chi connectivity index (χ3v) is 5.98. The molecule has 0 atom stereocenters. The molecule has 2 rings (SSSR count). The van der Waals surface area contributed by atoms with Crippen LogP contribution in [0.1, 0.15) is 33.4 Å². The molecule has 0 aromatic heterocycles. The maximum atomic E-state index is 2.35. The van der Waals surface area contributed by atoms with Gasteiger partial charge >= 0.3 is 123 Å². The van der Waals surface area contributed by atoms with Crippen LogP contribution in [0, 0.1) is 27.7 Å². The Morgan fingerprint density at radius 3 is 1.13 bits per heavy atom. The van der Waals surface area contributed by atoms with E-state index in [2.05, 4.69) is 83.7 Å². The van der Waals surface area contributed by atoms with Crippen molar-refractivity contribution >= 4 is 24.2 Å². The van der Waals surface area contributed by atoms with Gasteiger partial charge in [-0.05, 0) is 0 Å². The minimum atomic E-state index is 0.0785. The van der Waals surface area contributed by atoms with Crippen LogP contribution >= 0.6 is 0 Å². The molecule has 3 radical (unpaired) electrons. The Kier molecular flexibility index (Phi) is 8.93. The van der Waals surface area contributed by atoms with E-state index in [-0.39, 0.29) is 24.2 Å². The van der Waals surface area contributed by atoms with E-state index >= 15 is 0 Å². The van der Waals surface area contributed by atoms with Crippen molar-refractivity contribution in [1.29, 1.82) is 0 Å². The van der Waals surface area contributed by atoms with Gasteiger partial charge in [-0.2, -0.15) is 0 Å². The van der Waals surface area contributed by atoms with Crippen LogP contribution in [0.3, 0.4) is 0 Å². The zero-order chi connectivity index (χ0) is 17.4. The summed E-state index contributed by atoms with van der Waals surface area (Å²) in [4.78, 5) is 0. The molecule has 0 bridgehead atoms. The van der Waals surface area contributed by atoms with Crippen molar-refractivity contribution in [2.24, 2.45) is 0 Å². The summed E-state index contributed by atoms with van der Waals surface area (Å²) in [6.07, 6.45) is 0. The number of benzene rings is 2. The third-order valence-electron chi connectivity index (χ3n) is 3.22. The molecule has 0 aliphatic carbocycles. The molecule has 23 heavy (non-hydrogen) atoms. The van der Waals surface area contributed by atoms with Crippen LogP contribution < -0.4 is 0 Å². The summed E-state index contributed by atoms with van der Waals surface area (Å²) in [5, 5.41) is 2.60. The quantitative estimate of drug-likeness (QED) is 0.594. The van der Waals surface area contributed by atoms with Crippen LogP contribution in [0.5, 0.6) is 0 Å². The van der Waals surface area contributed by atoms with Crippen molar-refractivity contribution in [2.75, 3.05) is 0 Å². The van der Waals surface area contributed by atoms with Crippen LogP contribution in [-0.4, -0.2) is 24.2 Å². The topological polar surface area (TPSA) is 0 Å². The normalized spacial score (nSPS) is 10.4. The molecular formula is C21H31GeSi. The van der Waals surface area contributed by atoms with Gasteiger partial charge < -0.3 is 0 Å². The Hall–Kier alpha value is -0.800. The molecule has 0 fully saturated rings. The number of aryl methyl sites for hydroxylation is 4. The molecule has 0 saturated heterocycles. The summed E-state index contributed by atoms with van der Waals surface area (Å²) >= 11 is 0.0785. The van der Waals surface area contributed by atoms with Gasteiger partial charge in [-0.1, -0.05) is 19.6 Å². The molecule has 0 heterocycles. The molecule has 123 valence electrons. The summed E-state index contributed by atoms with van der Waals surface area (Å²) in [5.74, 6) is 0. The van der Waals surface area contributed by atoms with E-state index in [1.807, 2.05) is 0 Å². The summed E-state index contributed by atoms with van der Waals surface area (Å²) in [7, 11) is 0.120. The van der Waals surface area contributed by atoms with Crippen LogP contribution in [0.15, 0.2) is 36.4 Å².